The number of carbonyl (C=O) groups excluding carboxylic acids is 2. The first-order chi connectivity index (χ1) is 15.0. The number of carbonyl (C=O) groups is 2. The van der Waals surface area contributed by atoms with E-state index in [0.717, 1.165) is 17.7 Å². The van der Waals surface area contributed by atoms with E-state index in [1.807, 2.05) is 75.4 Å². The van der Waals surface area contributed by atoms with Gasteiger partial charge in [0, 0.05) is 12.1 Å². The normalized spacial score (nSPS) is 18.3. The zero-order valence-corrected chi connectivity index (χ0v) is 18.7. The highest BCUT2D eigenvalue weighted by atomic mass is 32.2. The molecule has 7 heteroatoms. The number of hydrogen-bond acceptors (Lipinski definition) is 5. The van der Waals surface area contributed by atoms with Gasteiger partial charge in [-0.2, -0.15) is 0 Å². The SMILES string of the molecule is CC(SC1=Nc2ccccc2C2=NC(C(C)C)C(=O)N12)C(=O)NCCc1ccccc1. The molecule has 31 heavy (non-hydrogen) atoms. The van der Waals surface area contributed by atoms with Gasteiger partial charge in [-0.1, -0.05) is 68.1 Å². The van der Waals surface area contributed by atoms with Gasteiger partial charge in [0.2, 0.25) is 5.91 Å². The van der Waals surface area contributed by atoms with Crippen molar-refractivity contribution < 1.29 is 9.59 Å². The number of nitrogens with zero attached hydrogens (tertiary/aromatic N) is 3. The average molecular weight is 435 g/mol. The summed E-state index contributed by atoms with van der Waals surface area (Å²) in [6, 6.07) is 17.3. The Labute approximate surface area is 186 Å². The van der Waals surface area contributed by atoms with Crippen LogP contribution in [0.4, 0.5) is 5.69 Å². The van der Waals surface area contributed by atoms with Crippen molar-refractivity contribution in [3.8, 4) is 0 Å². The molecule has 0 aliphatic carbocycles. The predicted octanol–water partition coefficient (Wildman–Crippen LogP) is 3.78. The molecule has 2 aromatic rings. The van der Waals surface area contributed by atoms with E-state index >= 15 is 0 Å². The molecule has 2 aliphatic heterocycles. The summed E-state index contributed by atoms with van der Waals surface area (Å²) in [5.74, 6) is 0.562. The molecule has 4 rings (SSSR count). The molecule has 0 fully saturated rings. The summed E-state index contributed by atoms with van der Waals surface area (Å²) in [5.41, 5.74) is 2.80. The molecule has 2 aromatic carbocycles. The van der Waals surface area contributed by atoms with E-state index in [2.05, 4.69) is 5.32 Å². The zero-order chi connectivity index (χ0) is 22.0. The lowest BCUT2D eigenvalue weighted by molar-refractivity contribution is -0.125. The molecule has 6 nitrogen and oxygen atoms in total. The number of hydrogen-bond donors (Lipinski definition) is 1. The van der Waals surface area contributed by atoms with Crippen molar-refractivity contribution in [1.29, 1.82) is 0 Å². The predicted molar refractivity (Wildman–Crippen MR) is 126 cm³/mol. The Morgan fingerprint density at radius 3 is 2.55 bits per heavy atom. The summed E-state index contributed by atoms with van der Waals surface area (Å²) >= 11 is 1.29. The van der Waals surface area contributed by atoms with Crippen LogP contribution < -0.4 is 5.32 Å². The number of fused-ring (bicyclic) bond motifs is 3. The fourth-order valence-electron chi connectivity index (χ4n) is 3.61. The Balaban J connectivity index is 1.48. The molecule has 0 spiro atoms. The van der Waals surface area contributed by atoms with Crippen LogP contribution in [0.2, 0.25) is 0 Å². The second kappa shape index (κ2) is 9.06. The summed E-state index contributed by atoms with van der Waals surface area (Å²) in [5, 5.41) is 3.10. The van der Waals surface area contributed by atoms with Gasteiger partial charge in [0.25, 0.3) is 5.91 Å². The Morgan fingerprint density at radius 1 is 1.10 bits per heavy atom. The Hall–Kier alpha value is -2.93. The van der Waals surface area contributed by atoms with Gasteiger partial charge in [-0.15, -0.1) is 0 Å². The lowest BCUT2D eigenvalue weighted by atomic mass is 10.1. The quantitative estimate of drug-likeness (QED) is 0.752. The molecule has 160 valence electrons. The molecule has 2 amide bonds. The summed E-state index contributed by atoms with van der Waals surface area (Å²) in [6.07, 6.45) is 0.774. The Kier molecular flexibility index (Phi) is 6.23. The number of nitrogens with one attached hydrogen (secondary N) is 1. The third kappa shape index (κ3) is 4.42. The Morgan fingerprint density at radius 2 is 1.81 bits per heavy atom. The van der Waals surface area contributed by atoms with E-state index in [4.69, 9.17) is 9.98 Å². The minimum absolute atomic E-state index is 0.0759. The molecular weight excluding hydrogens is 408 g/mol. The molecule has 1 N–H and O–H groups in total. The first-order valence-corrected chi connectivity index (χ1v) is 11.4. The molecule has 2 aliphatic rings. The van der Waals surface area contributed by atoms with E-state index < -0.39 is 11.3 Å². The van der Waals surface area contributed by atoms with Gasteiger partial charge in [0.15, 0.2) is 5.17 Å². The molecule has 2 unspecified atom stereocenters. The molecule has 2 heterocycles. The minimum Gasteiger partial charge on any atom is -0.355 e. The van der Waals surface area contributed by atoms with Gasteiger partial charge in [0.1, 0.15) is 11.9 Å². The largest absolute Gasteiger partial charge is 0.355 e. The van der Waals surface area contributed by atoms with Crippen LogP contribution in [0, 0.1) is 5.92 Å². The smallest absolute Gasteiger partial charge is 0.259 e. The van der Waals surface area contributed by atoms with E-state index in [1.54, 1.807) is 4.90 Å². The van der Waals surface area contributed by atoms with E-state index in [9.17, 15) is 9.59 Å². The maximum absolute atomic E-state index is 13.1. The number of para-hydroxylation sites is 1. The first kappa shape index (κ1) is 21.3. The lowest BCUT2D eigenvalue weighted by Crippen LogP contribution is -2.43. The van der Waals surface area contributed by atoms with Crippen LogP contribution in [0.1, 0.15) is 31.9 Å². The highest BCUT2D eigenvalue weighted by molar-refractivity contribution is 8.15. The maximum atomic E-state index is 13.1. The number of amides is 2. The molecular formula is C24H26N4O2S. The van der Waals surface area contributed by atoms with Crippen LogP contribution >= 0.6 is 11.8 Å². The van der Waals surface area contributed by atoms with Gasteiger partial charge in [-0.05, 0) is 37.0 Å². The molecule has 0 saturated heterocycles. The van der Waals surface area contributed by atoms with Gasteiger partial charge in [0.05, 0.1) is 10.9 Å². The van der Waals surface area contributed by atoms with Crippen LogP contribution in [-0.2, 0) is 16.0 Å². The van der Waals surface area contributed by atoms with Crippen LogP contribution in [0.15, 0.2) is 64.6 Å². The molecule has 0 aromatic heterocycles. The first-order valence-electron chi connectivity index (χ1n) is 10.5. The van der Waals surface area contributed by atoms with Crippen molar-refractivity contribution in [2.24, 2.45) is 15.9 Å². The molecule has 2 atom stereocenters. The van der Waals surface area contributed by atoms with Gasteiger partial charge >= 0.3 is 0 Å². The van der Waals surface area contributed by atoms with Gasteiger partial charge in [-0.3, -0.25) is 14.6 Å². The second-order valence-corrected chi connectivity index (χ2v) is 9.32. The topological polar surface area (TPSA) is 74.1 Å². The molecule has 0 radical (unpaired) electrons. The van der Waals surface area contributed by atoms with Crippen molar-refractivity contribution in [1.82, 2.24) is 10.2 Å². The van der Waals surface area contributed by atoms with E-state index in [-0.39, 0.29) is 17.7 Å². The molecule has 0 bridgehead atoms. The van der Waals surface area contributed by atoms with E-state index in [0.29, 0.717) is 17.5 Å². The summed E-state index contributed by atoms with van der Waals surface area (Å²) in [4.78, 5) is 36.8. The number of aliphatic imine (C=N–C) groups is 2. The Bertz CT molecular complexity index is 1050. The van der Waals surface area contributed by atoms with Crippen molar-refractivity contribution in [3.05, 3.63) is 65.7 Å². The lowest BCUT2D eigenvalue weighted by Gasteiger charge is -2.27. The number of rotatable bonds is 6. The highest BCUT2D eigenvalue weighted by Gasteiger charge is 2.43. The van der Waals surface area contributed by atoms with Crippen LogP contribution in [0.5, 0.6) is 0 Å². The third-order valence-corrected chi connectivity index (χ3v) is 6.39. The highest BCUT2D eigenvalue weighted by Crippen LogP contribution is 2.35. The second-order valence-electron chi connectivity index (χ2n) is 8.01. The fourth-order valence-corrected chi connectivity index (χ4v) is 4.55. The summed E-state index contributed by atoms with van der Waals surface area (Å²) in [7, 11) is 0. The van der Waals surface area contributed by atoms with Crippen molar-refractivity contribution in [3.63, 3.8) is 0 Å². The van der Waals surface area contributed by atoms with Crippen molar-refractivity contribution >= 4 is 40.3 Å². The number of amidine groups is 2. The van der Waals surface area contributed by atoms with Crippen LogP contribution in [0.3, 0.4) is 0 Å². The fraction of sp³-hybridized carbons (Fsp3) is 0.333. The maximum Gasteiger partial charge on any atom is 0.259 e. The average Bonchev–Trinajstić information content (AvgIpc) is 3.12. The zero-order valence-electron chi connectivity index (χ0n) is 17.9. The van der Waals surface area contributed by atoms with Crippen molar-refractivity contribution in [2.45, 2.75) is 38.5 Å². The summed E-state index contributed by atoms with van der Waals surface area (Å²) < 4.78 is 0. The number of thioether (sulfide) groups is 1. The van der Waals surface area contributed by atoms with Crippen LogP contribution in [-0.4, -0.2) is 45.6 Å². The van der Waals surface area contributed by atoms with E-state index in [1.165, 1.54) is 17.3 Å². The van der Waals surface area contributed by atoms with Crippen molar-refractivity contribution in [2.75, 3.05) is 6.54 Å². The minimum atomic E-state index is -0.429. The number of benzene rings is 2. The van der Waals surface area contributed by atoms with Crippen LogP contribution in [0.25, 0.3) is 0 Å². The molecule has 0 saturated carbocycles. The third-order valence-electron chi connectivity index (χ3n) is 5.34. The monoisotopic (exact) mass is 434 g/mol. The van der Waals surface area contributed by atoms with Gasteiger partial charge < -0.3 is 5.32 Å². The standard InChI is InChI=1S/C24H26N4O2S/c1-15(2)20-23(30)28-21(27-20)18-11-7-8-12-19(18)26-24(28)31-16(3)22(29)25-14-13-17-9-5-4-6-10-17/h4-12,15-16,20H,13-14H2,1-3H3,(H,25,29). The van der Waals surface area contributed by atoms with Gasteiger partial charge in [-0.25, -0.2) is 9.89 Å². The summed E-state index contributed by atoms with van der Waals surface area (Å²) in [6.45, 7) is 6.38.